The third kappa shape index (κ3) is 2.66. The summed E-state index contributed by atoms with van der Waals surface area (Å²) in [6, 6.07) is 3.80. The first-order chi connectivity index (χ1) is 9.13. The molecule has 0 spiro atoms. The average Bonchev–Trinajstić information content (AvgIpc) is 2.97. The summed E-state index contributed by atoms with van der Waals surface area (Å²) in [6.45, 7) is 1.20. The van der Waals surface area contributed by atoms with E-state index in [1.54, 1.807) is 10.9 Å². The highest BCUT2D eigenvalue weighted by Gasteiger charge is 2.18. The van der Waals surface area contributed by atoms with Crippen molar-refractivity contribution in [2.75, 3.05) is 17.6 Å². The van der Waals surface area contributed by atoms with Crippen molar-refractivity contribution >= 4 is 27.9 Å². The van der Waals surface area contributed by atoms with Crippen LogP contribution in [0.5, 0.6) is 0 Å². The average molecular weight is 276 g/mol. The normalized spacial score (nSPS) is 10.1. The minimum absolute atomic E-state index is 0.140. The van der Waals surface area contributed by atoms with Crippen molar-refractivity contribution in [1.82, 2.24) is 9.78 Å². The van der Waals surface area contributed by atoms with Crippen LogP contribution in [0.25, 0.3) is 0 Å². The van der Waals surface area contributed by atoms with Gasteiger partial charge in [-0.1, -0.05) is 0 Å². The number of hydrogen-bond donors (Lipinski definition) is 3. The monoisotopic (exact) mass is 276 g/mol. The second-order valence-corrected chi connectivity index (χ2v) is 4.74. The number of primary amides is 1. The molecular formula is C11H12N6OS. The van der Waals surface area contributed by atoms with E-state index in [9.17, 15) is 4.79 Å². The van der Waals surface area contributed by atoms with E-state index in [4.69, 9.17) is 16.7 Å². The summed E-state index contributed by atoms with van der Waals surface area (Å²) in [6.07, 6.45) is 3.53. The zero-order chi connectivity index (χ0) is 13.8. The molecule has 0 fully saturated rings. The molecule has 0 aromatic carbocycles. The second-order valence-electron chi connectivity index (χ2n) is 3.72. The van der Waals surface area contributed by atoms with Crippen molar-refractivity contribution in [1.29, 1.82) is 5.26 Å². The van der Waals surface area contributed by atoms with Crippen LogP contribution >= 0.6 is 11.3 Å². The molecule has 0 bridgehead atoms. The van der Waals surface area contributed by atoms with E-state index < -0.39 is 5.91 Å². The van der Waals surface area contributed by atoms with Gasteiger partial charge in [0, 0.05) is 18.9 Å². The van der Waals surface area contributed by atoms with Crippen LogP contribution in [0.15, 0.2) is 18.5 Å². The lowest BCUT2D eigenvalue weighted by molar-refractivity contribution is 0.100. The Morgan fingerprint density at radius 1 is 1.63 bits per heavy atom. The minimum atomic E-state index is -0.626. The van der Waals surface area contributed by atoms with E-state index in [0.29, 0.717) is 18.1 Å². The van der Waals surface area contributed by atoms with Crippen LogP contribution in [0.4, 0.5) is 10.7 Å². The van der Waals surface area contributed by atoms with Crippen LogP contribution in [0, 0.1) is 11.3 Å². The van der Waals surface area contributed by atoms with Crippen LogP contribution in [0.1, 0.15) is 15.2 Å². The maximum Gasteiger partial charge on any atom is 0.261 e. The van der Waals surface area contributed by atoms with Gasteiger partial charge in [0.15, 0.2) is 0 Å². The van der Waals surface area contributed by atoms with Crippen LogP contribution in [0.2, 0.25) is 0 Å². The fourth-order valence-corrected chi connectivity index (χ4v) is 2.53. The van der Waals surface area contributed by atoms with Crippen LogP contribution in [-0.2, 0) is 6.54 Å². The topological polar surface area (TPSA) is 123 Å². The molecule has 98 valence electrons. The molecule has 7 nitrogen and oxygen atoms in total. The maximum atomic E-state index is 11.2. The van der Waals surface area contributed by atoms with E-state index in [1.165, 1.54) is 0 Å². The van der Waals surface area contributed by atoms with E-state index >= 15 is 0 Å². The first kappa shape index (κ1) is 12.9. The zero-order valence-corrected chi connectivity index (χ0v) is 10.8. The highest BCUT2D eigenvalue weighted by Crippen LogP contribution is 2.34. The molecule has 0 saturated carbocycles. The molecule has 2 rings (SSSR count). The number of carbonyl (C=O) groups excluding carboxylic acids is 1. The largest absolute Gasteiger partial charge is 0.396 e. The molecule has 19 heavy (non-hydrogen) atoms. The van der Waals surface area contributed by atoms with Crippen LogP contribution < -0.4 is 16.8 Å². The molecular weight excluding hydrogens is 264 g/mol. The predicted octanol–water partition coefficient (Wildman–Crippen LogP) is 0.609. The van der Waals surface area contributed by atoms with Gasteiger partial charge in [-0.25, -0.2) is 0 Å². The lowest BCUT2D eigenvalue weighted by Crippen LogP contribution is -2.10. The highest BCUT2D eigenvalue weighted by molar-refractivity contribution is 7.18. The lowest BCUT2D eigenvalue weighted by Gasteiger charge is -2.04. The summed E-state index contributed by atoms with van der Waals surface area (Å²) in [5, 5.41) is 16.7. The molecule has 2 heterocycles. The van der Waals surface area contributed by atoms with E-state index in [1.807, 2.05) is 18.3 Å². The van der Waals surface area contributed by atoms with Crippen molar-refractivity contribution < 1.29 is 4.79 Å². The third-order valence-corrected chi connectivity index (χ3v) is 3.64. The summed E-state index contributed by atoms with van der Waals surface area (Å²) in [7, 11) is 0. The minimum Gasteiger partial charge on any atom is -0.396 e. The predicted molar refractivity (Wildman–Crippen MR) is 72.7 cm³/mol. The molecule has 0 aliphatic rings. The Balaban J connectivity index is 2.10. The molecule has 0 aliphatic heterocycles. The van der Waals surface area contributed by atoms with E-state index in [2.05, 4.69) is 10.4 Å². The Morgan fingerprint density at radius 2 is 2.42 bits per heavy atom. The lowest BCUT2D eigenvalue weighted by atomic mass is 10.2. The molecule has 1 amide bonds. The van der Waals surface area contributed by atoms with Gasteiger partial charge in [0.05, 0.1) is 12.2 Å². The summed E-state index contributed by atoms with van der Waals surface area (Å²) in [4.78, 5) is 11.4. The van der Waals surface area contributed by atoms with Crippen LogP contribution in [0.3, 0.4) is 0 Å². The zero-order valence-electron chi connectivity index (χ0n) is 9.96. The van der Waals surface area contributed by atoms with Gasteiger partial charge in [-0.05, 0) is 6.07 Å². The van der Waals surface area contributed by atoms with Crippen molar-refractivity contribution in [3.8, 4) is 6.07 Å². The summed E-state index contributed by atoms with van der Waals surface area (Å²) in [5.41, 5.74) is 11.3. The third-order valence-electron chi connectivity index (χ3n) is 2.47. The number of nitrogens with zero attached hydrogens (tertiary/aromatic N) is 3. The Labute approximate surface area is 113 Å². The van der Waals surface area contributed by atoms with Crippen molar-refractivity contribution in [3.63, 3.8) is 0 Å². The fourth-order valence-electron chi connectivity index (χ4n) is 1.58. The number of carbonyl (C=O) groups is 1. The van der Waals surface area contributed by atoms with Crippen molar-refractivity contribution in [2.45, 2.75) is 6.54 Å². The Morgan fingerprint density at radius 3 is 3.00 bits per heavy atom. The van der Waals surface area contributed by atoms with Gasteiger partial charge >= 0.3 is 0 Å². The first-order valence-corrected chi connectivity index (χ1v) is 6.28. The molecule has 8 heteroatoms. The van der Waals surface area contributed by atoms with Crippen molar-refractivity contribution in [3.05, 3.63) is 28.9 Å². The second kappa shape index (κ2) is 5.41. The Hall–Kier alpha value is -2.53. The SMILES string of the molecule is N#Cc1c(NCCn2cccn2)sc(C(N)=O)c1N. The number of nitrogen functional groups attached to an aromatic ring is 1. The molecule has 0 aliphatic carbocycles. The number of nitrogens with one attached hydrogen (secondary N) is 1. The van der Waals surface area contributed by atoms with Crippen LogP contribution in [-0.4, -0.2) is 22.2 Å². The Kier molecular flexibility index (Phi) is 3.68. The van der Waals surface area contributed by atoms with Gasteiger partial charge in [-0.15, -0.1) is 11.3 Å². The number of nitriles is 1. The molecule has 0 atom stereocenters. The number of anilines is 2. The summed E-state index contributed by atoms with van der Waals surface area (Å²) >= 11 is 1.09. The summed E-state index contributed by atoms with van der Waals surface area (Å²) < 4.78 is 1.75. The smallest absolute Gasteiger partial charge is 0.261 e. The maximum absolute atomic E-state index is 11.2. The molecule has 5 N–H and O–H groups in total. The number of nitrogens with two attached hydrogens (primary N) is 2. The number of thiophene rings is 1. The molecule has 0 saturated heterocycles. The number of hydrogen-bond acceptors (Lipinski definition) is 6. The first-order valence-electron chi connectivity index (χ1n) is 5.47. The van der Waals surface area contributed by atoms with Gasteiger partial charge in [0.2, 0.25) is 0 Å². The van der Waals surface area contributed by atoms with Gasteiger partial charge in [-0.2, -0.15) is 10.4 Å². The molecule has 0 unspecified atom stereocenters. The number of amides is 1. The summed E-state index contributed by atoms with van der Waals surface area (Å²) in [5.74, 6) is -0.626. The number of aromatic nitrogens is 2. The van der Waals surface area contributed by atoms with Gasteiger partial charge in [0.25, 0.3) is 5.91 Å². The molecule has 2 aromatic heterocycles. The highest BCUT2D eigenvalue weighted by atomic mass is 32.1. The molecule has 2 aromatic rings. The van der Waals surface area contributed by atoms with E-state index in [0.717, 1.165) is 11.3 Å². The van der Waals surface area contributed by atoms with Gasteiger partial charge in [0.1, 0.15) is 21.5 Å². The number of rotatable bonds is 5. The van der Waals surface area contributed by atoms with Gasteiger partial charge < -0.3 is 16.8 Å². The van der Waals surface area contributed by atoms with Gasteiger partial charge in [-0.3, -0.25) is 9.48 Å². The quantitative estimate of drug-likeness (QED) is 0.738. The fraction of sp³-hybridized carbons (Fsp3) is 0.182. The Bertz CT molecular complexity index is 624. The van der Waals surface area contributed by atoms with E-state index in [-0.39, 0.29) is 16.1 Å². The molecule has 0 radical (unpaired) electrons. The van der Waals surface area contributed by atoms with Crippen molar-refractivity contribution in [2.24, 2.45) is 5.73 Å². The standard InChI is InChI=1S/C11H12N6OS/c12-6-7-8(13)9(10(14)18)19-11(7)15-3-5-17-4-1-2-16-17/h1-2,4,15H,3,5,13H2,(H2,14,18).